The van der Waals surface area contributed by atoms with Gasteiger partial charge >= 0.3 is 0 Å². The van der Waals surface area contributed by atoms with Crippen LogP contribution in [0.5, 0.6) is 11.5 Å². The Balaban J connectivity index is 1.72. The van der Waals surface area contributed by atoms with Gasteiger partial charge in [0.2, 0.25) is 0 Å². The van der Waals surface area contributed by atoms with Gasteiger partial charge in [0, 0.05) is 0 Å². The van der Waals surface area contributed by atoms with E-state index in [1.165, 1.54) is 0 Å². The van der Waals surface area contributed by atoms with Gasteiger partial charge in [-0.25, -0.2) is 0 Å². The maximum atomic E-state index is 12.0. The fraction of sp³-hybridized carbons (Fsp3) is 0.278. The van der Waals surface area contributed by atoms with Gasteiger partial charge in [-0.1, -0.05) is 41.4 Å². The Hall–Kier alpha value is -2.20. The summed E-state index contributed by atoms with van der Waals surface area (Å²) in [5, 5.41) is 3.32. The van der Waals surface area contributed by atoms with E-state index in [2.05, 4.69) is 5.32 Å². The second-order valence-corrected chi connectivity index (χ2v) is 5.55. The van der Waals surface area contributed by atoms with E-state index in [1.54, 1.807) is 19.1 Å². The molecule has 2 aromatic rings. The van der Waals surface area contributed by atoms with E-state index in [-0.39, 0.29) is 5.91 Å². The van der Waals surface area contributed by atoms with Crippen LogP contribution in [0.2, 0.25) is 5.02 Å². The summed E-state index contributed by atoms with van der Waals surface area (Å²) in [5.41, 5.74) is 1.14. The van der Waals surface area contributed by atoms with Crippen LogP contribution in [-0.4, -0.2) is 25.2 Å². The molecule has 0 saturated heterocycles. The van der Waals surface area contributed by atoms with Crippen molar-refractivity contribution in [3.05, 3.63) is 59.1 Å². The predicted octanol–water partition coefficient (Wildman–Crippen LogP) is 3.61. The third-order valence-corrected chi connectivity index (χ3v) is 3.51. The number of aryl methyl sites for hydroxylation is 1. The zero-order chi connectivity index (χ0) is 16.7. The van der Waals surface area contributed by atoms with Gasteiger partial charge in [0.1, 0.15) is 18.1 Å². The van der Waals surface area contributed by atoms with E-state index >= 15 is 0 Å². The number of carbonyl (C=O) groups is 1. The van der Waals surface area contributed by atoms with Crippen molar-refractivity contribution >= 4 is 17.5 Å². The Morgan fingerprint density at radius 2 is 1.87 bits per heavy atom. The van der Waals surface area contributed by atoms with Gasteiger partial charge in [-0.3, -0.25) is 4.79 Å². The molecule has 0 radical (unpaired) electrons. The summed E-state index contributed by atoms with van der Waals surface area (Å²) in [6.45, 7) is 4.43. The number of ether oxygens (including phenoxy) is 2. The summed E-state index contributed by atoms with van der Waals surface area (Å²) in [7, 11) is 0. The molecule has 5 heteroatoms. The minimum atomic E-state index is -0.571. The first-order valence-electron chi connectivity index (χ1n) is 7.44. The number of para-hydroxylation sites is 1. The monoisotopic (exact) mass is 333 g/mol. The summed E-state index contributed by atoms with van der Waals surface area (Å²) >= 11 is 5.99. The molecule has 0 aliphatic carbocycles. The second kappa shape index (κ2) is 8.44. The van der Waals surface area contributed by atoms with Crippen LogP contribution in [-0.2, 0) is 4.79 Å². The lowest BCUT2D eigenvalue weighted by molar-refractivity contribution is -0.127. The lowest BCUT2D eigenvalue weighted by Crippen LogP contribution is -2.38. The van der Waals surface area contributed by atoms with Crippen molar-refractivity contribution in [1.29, 1.82) is 0 Å². The molecule has 0 fully saturated rings. The van der Waals surface area contributed by atoms with Gasteiger partial charge in [0.15, 0.2) is 6.10 Å². The summed E-state index contributed by atoms with van der Waals surface area (Å²) in [4.78, 5) is 12.0. The van der Waals surface area contributed by atoms with E-state index in [0.717, 1.165) is 5.56 Å². The number of nitrogens with one attached hydrogen (secondary N) is 1. The number of amides is 1. The van der Waals surface area contributed by atoms with Crippen molar-refractivity contribution in [2.24, 2.45) is 0 Å². The molecule has 1 amide bonds. The molecule has 4 nitrogen and oxygen atoms in total. The molecule has 2 aromatic carbocycles. The highest BCUT2D eigenvalue weighted by Crippen LogP contribution is 2.22. The molecule has 0 aliphatic heterocycles. The van der Waals surface area contributed by atoms with Crippen LogP contribution in [0.4, 0.5) is 0 Å². The third kappa shape index (κ3) is 5.49. The fourth-order valence-corrected chi connectivity index (χ4v) is 2.11. The third-order valence-electron chi connectivity index (χ3n) is 3.20. The molecule has 0 bridgehead atoms. The Kier molecular flexibility index (Phi) is 6.29. The van der Waals surface area contributed by atoms with Crippen LogP contribution in [0.15, 0.2) is 48.5 Å². The summed E-state index contributed by atoms with van der Waals surface area (Å²) in [5.74, 6) is 1.09. The van der Waals surface area contributed by atoms with Gasteiger partial charge < -0.3 is 14.8 Å². The van der Waals surface area contributed by atoms with Crippen LogP contribution in [0.25, 0.3) is 0 Å². The number of carbonyl (C=O) groups excluding carboxylic acids is 1. The number of hydrogen-bond acceptors (Lipinski definition) is 3. The maximum Gasteiger partial charge on any atom is 0.260 e. The van der Waals surface area contributed by atoms with E-state index in [0.29, 0.717) is 29.7 Å². The molecule has 1 N–H and O–H groups in total. The number of halogens is 1. The molecule has 122 valence electrons. The molecule has 1 atom stereocenters. The lowest BCUT2D eigenvalue weighted by atomic mass is 10.2. The SMILES string of the molecule is Cc1ccc(O[C@@H](C)C(=O)NCCOc2ccccc2Cl)cc1. The molecule has 0 aromatic heterocycles. The van der Waals surface area contributed by atoms with Gasteiger partial charge in [-0.05, 0) is 38.1 Å². The summed E-state index contributed by atoms with van der Waals surface area (Å²) < 4.78 is 11.1. The Morgan fingerprint density at radius 1 is 1.17 bits per heavy atom. The highest BCUT2D eigenvalue weighted by atomic mass is 35.5. The Labute approximate surface area is 141 Å². The molecule has 0 unspecified atom stereocenters. The Morgan fingerprint density at radius 3 is 2.57 bits per heavy atom. The van der Waals surface area contributed by atoms with Gasteiger partial charge in [0.05, 0.1) is 11.6 Å². The molecular formula is C18H20ClNO3. The van der Waals surface area contributed by atoms with E-state index < -0.39 is 6.10 Å². The Bertz CT molecular complexity index is 643. The summed E-state index contributed by atoms with van der Waals surface area (Å²) in [6, 6.07) is 14.8. The van der Waals surface area contributed by atoms with Gasteiger partial charge in [-0.15, -0.1) is 0 Å². The fourth-order valence-electron chi connectivity index (χ4n) is 1.92. The normalized spacial score (nSPS) is 11.6. The lowest BCUT2D eigenvalue weighted by Gasteiger charge is -2.15. The van der Waals surface area contributed by atoms with Crippen molar-refractivity contribution in [3.8, 4) is 11.5 Å². The van der Waals surface area contributed by atoms with Gasteiger partial charge in [-0.2, -0.15) is 0 Å². The van der Waals surface area contributed by atoms with Crippen molar-refractivity contribution in [2.75, 3.05) is 13.2 Å². The zero-order valence-electron chi connectivity index (χ0n) is 13.2. The van der Waals surface area contributed by atoms with Crippen LogP contribution < -0.4 is 14.8 Å². The van der Waals surface area contributed by atoms with Crippen molar-refractivity contribution < 1.29 is 14.3 Å². The molecule has 0 spiro atoms. The number of benzene rings is 2. The topological polar surface area (TPSA) is 47.6 Å². The second-order valence-electron chi connectivity index (χ2n) is 5.14. The molecule has 0 saturated carbocycles. The highest BCUT2D eigenvalue weighted by molar-refractivity contribution is 6.32. The largest absolute Gasteiger partial charge is 0.490 e. The van der Waals surface area contributed by atoms with E-state index in [4.69, 9.17) is 21.1 Å². The average molecular weight is 334 g/mol. The predicted molar refractivity (Wildman–Crippen MR) is 91.2 cm³/mol. The molecule has 0 heterocycles. The van der Waals surface area contributed by atoms with E-state index in [1.807, 2.05) is 43.3 Å². The van der Waals surface area contributed by atoms with Crippen molar-refractivity contribution in [1.82, 2.24) is 5.32 Å². The zero-order valence-corrected chi connectivity index (χ0v) is 14.0. The first kappa shape index (κ1) is 17.2. The van der Waals surface area contributed by atoms with Crippen molar-refractivity contribution in [2.45, 2.75) is 20.0 Å². The highest BCUT2D eigenvalue weighted by Gasteiger charge is 2.14. The van der Waals surface area contributed by atoms with E-state index in [9.17, 15) is 4.79 Å². The number of hydrogen-bond donors (Lipinski definition) is 1. The molecule has 0 aliphatic rings. The maximum absolute atomic E-state index is 12.0. The van der Waals surface area contributed by atoms with Crippen LogP contribution in [0.1, 0.15) is 12.5 Å². The standard InChI is InChI=1S/C18H20ClNO3/c1-13-7-9-15(10-8-13)23-14(2)18(21)20-11-12-22-17-6-4-3-5-16(17)19/h3-10,14H,11-12H2,1-2H3,(H,20,21)/t14-/m0/s1. The smallest absolute Gasteiger partial charge is 0.260 e. The van der Waals surface area contributed by atoms with Crippen molar-refractivity contribution in [3.63, 3.8) is 0 Å². The number of rotatable bonds is 7. The van der Waals surface area contributed by atoms with Crippen LogP contribution in [0, 0.1) is 6.92 Å². The minimum Gasteiger partial charge on any atom is -0.490 e. The molecule has 2 rings (SSSR count). The first-order valence-corrected chi connectivity index (χ1v) is 7.82. The summed E-state index contributed by atoms with van der Waals surface area (Å²) in [6.07, 6.45) is -0.571. The molecular weight excluding hydrogens is 314 g/mol. The quantitative estimate of drug-likeness (QED) is 0.787. The van der Waals surface area contributed by atoms with Crippen LogP contribution in [0.3, 0.4) is 0 Å². The van der Waals surface area contributed by atoms with Crippen LogP contribution >= 0.6 is 11.6 Å². The average Bonchev–Trinajstić information content (AvgIpc) is 2.55. The minimum absolute atomic E-state index is 0.187. The van der Waals surface area contributed by atoms with Gasteiger partial charge in [0.25, 0.3) is 5.91 Å². The molecule has 23 heavy (non-hydrogen) atoms. The first-order chi connectivity index (χ1) is 11.1.